The van der Waals surface area contributed by atoms with Crippen molar-refractivity contribution in [3.8, 4) is 0 Å². The van der Waals surface area contributed by atoms with E-state index in [4.69, 9.17) is 9.84 Å². The van der Waals surface area contributed by atoms with Gasteiger partial charge in [-0.05, 0) is 30.9 Å². The standard InChI is InChI=1S/C15H20O5/c1-3-15(13(17)18,14(19)20-4-2)9-11-5-7-12(10-16)8-6-11/h5-8,16H,3-4,9-10H2,1-2H3,(H,17,18). The smallest absolute Gasteiger partial charge is 0.323 e. The number of hydrogen-bond acceptors (Lipinski definition) is 4. The summed E-state index contributed by atoms with van der Waals surface area (Å²) >= 11 is 0. The molecule has 110 valence electrons. The molecular weight excluding hydrogens is 260 g/mol. The third-order valence-corrected chi connectivity index (χ3v) is 3.39. The number of hydrogen-bond donors (Lipinski definition) is 2. The second-order valence-electron chi connectivity index (χ2n) is 4.61. The van der Waals surface area contributed by atoms with Crippen molar-refractivity contribution in [2.24, 2.45) is 5.41 Å². The number of carbonyl (C=O) groups excluding carboxylic acids is 1. The fourth-order valence-electron chi connectivity index (χ4n) is 2.04. The largest absolute Gasteiger partial charge is 0.480 e. The monoisotopic (exact) mass is 280 g/mol. The highest BCUT2D eigenvalue weighted by atomic mass is 16.5. The van der Waals surface area contributed by atoms with E-state index in [2.05, 4.69) is 0 Å². The molecule has 0 saturated carbocycles. The average Bonchev–Trinajstić information content (AvgIpc) is 2.45. The molecule has 0 aromatic heterocycles. The molecular formula is C15H20O5. The number of ether oxygens (including phenoxy) is 1. The normalized spacial score (nSPS) is 13.6. The number of rotatable bonds is 7. The van der Waals surface area contributed by atoms with Crippen LogP contribution < -0.4 is 0 Å². The molecule has 0 spiro atoms. The van der Waals surface area contributed by atoms with E-state index in [-0.39, 0.29) is 26.1 Å². The van der Waals surface area contributed by atoms with Crippen molar-refractivity contribution in [1.82, 2.24) is 0 Å². The quantitative estimate of drug-likeness (QED) is 0.587. The van der Waals surface area contributed by atoms with Gasteiger partial charge in [-0.15, -0.1) is 0 Å². The first-order valence-corrected chi connectivity index (χ1v) is 6.59. The minimum atomic E-state index is -1.56. The van der Waals surface area contributed by atoms with Crippen molar-refractivity contribution in [2.75, 3.05) is 6.61 Å². The van der Waals surface area contributed by atoms with Crippen molar-refractivity contribution in [3.05, 3.63) is 35.4 Å². The zero-order chi connectivity index (χ0) is 15.2. The Morgan fingerprint density at radius 1 is 1.15 bits per heavy atom. The van der Waals surface area contributed by atoms with E-state index >= 15 is 0 Å². The van der Waals surface area contributed by atoms with Gasteiger partial charge in [0.15, 0.2) is 5.41 Å². The molecule has 0 aliphatic heterocycles. The lowest BCUT2D eigenvalue weighted by Crippen LogP contribution is -2.42. The molecule has 5 heteroatoms. The zero-order valence-electron chi connectivity index (χ0n) is 11.8. The van der Waals surface area contributed by atoms with Gasteiger partial charge in [-0.25, -0.2) is 0 Å². The van der Waals surface area contributed by atoms with Crippen LogP contribution in [0, 0.1) is 5.41 Å². The van der Waals surface area contributed by atoms with Gasteiger partial charge in [0.1, 0.15) is 0 Å². The van der Waals surface area contributed by atoms with Gasteiger partial charge < -0.3 is 14.9 Å². The Balaban J connectivity index is 3.05. The number of carbonyl (C=O) groups is 2. The van der Waals surface area contributed by atoms with E-state index in [1.54, 1.807) is 38.1 Å². The lowest BCUT2D eigenvalue weighted by Gasteiger charge is -2.25. The zero-order valence-corrected chi connectivity index (χ0v) is 11.8. The molecule has 1 aromatic rings. The van der Waals surface area contributed by atoms with Crippen LogP contribution in [0.15, 0.2) is 24.3 Å². The lowest BCUT2D eigenvalue weighted by atomic mass is 9.79. The fourth-order valence-corrected chi connectivity index (χ4v) is 2.04. The van der Waals surface area contributed by atoms with Gasteiger partial charge in [0.2, 0.25) is 0 Å². The number of carboxylic acid groups (broad SMARTS) is 1. The van der Waals surface area contributed by atoms with Crippen molar-refractivity contribution in [3.63, 3.8) is 0 Å². The fraction of sp³-hybridized carbons (Fsp3) is 0.467. The van der Waals surface area contributed by atoms with Crippen LogP contribution >= 0.6 is 0 Å². The molecule has 0 bridgehead atoms. The maximum Gasteiger partial charge on any atom is 0.323 e. The SMILES string of the molecule is CCOC(=O)C(CC)(Cc1ccc(CO)cc1)C(=O)O. The van der Waals surface area contributed by atoms with Crippen molar-refractivity contribution < 1.29 is 24.5 Å². The number of aliphatic hydroxyl groups is 1. The highest BCUT2D eigenvalue weighted by molar-refractivity contribution is 5.99. The van der Waals surface area contributed by atoms with Crippen LogP contribution in [0.3, 0.4) is 0 Å². The maximum atomic E-state index is 12.0. The van der Waals surface area contributed by atoms with Gasteiger partial charge in [-0.1, -0.05) is 31.2 Å². The molecule has 0 saturated heterocycles. The van der Waals surface area contributed by atoms with Crippen LogP contribution in [0.2, 0.25) is 0 Å². The first kappa shape index (κ1) is 16.2. The van der Waals surface area contributed by atoms with E-state index in [1.165, 1.54) is 0 Å². The molecule has 1 aromatic carbocycles. The van der Waals surface area contributed by atoms with Crippen LogP contribution in [0.5, 0.6) is 0 Å². The highest BCUT2D eigenvalue weighted by Crippen LogP contribution is 2.29. The molecule has 0 fully saturated rings. The van der Waals surface area contributed by atoms with Crippen molar-refractivity contribution >= 4 is 11.9 Å². The van der Waals surface area contributed by atoms with E-state index in [1.807, 2.05) is 0 Å². The van der Waals surface area contributed by atoms with Crippen LogP contribution in [0.1, 0.15) is 31.4 Å². The third kappa shape index (κ3) is 3.36. The van der Waals surface area contributed by atoms with Crippen LogP contribution in [-0.2, 0) is 27.4 Å². The summed E-state index contributed by atoms with van der Waals surface area (Å²) in [5, 5.41) is 18.4. The Morgan fingerprint density at radius 2 is 1.70 bits per heavy atom. The van der Waals surface area contributed by atoms with Gasteiger partial charge in [0.25, 0.3) is 0 Å². The summed E-state index contributed by atoms with van der Waals surface area (Å²) in [5.41, 5.74) is -0.0988. The summed E-state index contributed by atoms with van der Waals surface area (Å²) in [5.74, 6) is -1.88. The van der Waals surface area contributed by atoms with Crippen LogP contribution in [0.25, 0.3) is 0 Å². The Kier molecular flexibility index (Phi) is 5.70. The number of carboxylic acids is 1. The van der Waals surface area contributed by atoms with Gasteiger partial charge >= 0.3 is 11.9 Å². The summed E-state index contributed by atoms with van der Waals surface area (Å²) < 4.78 is 4.92. The molecule has 0 aliphatic carbocycles. The molecule has 0 radical (unpaired) electrons. The van der Waals surface area contributed by atoms with Crippen LogP contribution in [0.4, 0.5) is 0 Å². The lowest BCUT2D eigenvalue weighted by molar-refractivity contribution is -0.168. The molecule has 0 aliphatic rings. The van der Waals surface area contributed by atoms with Gasteiger partial charge in [0, 0.05) is 0 Å². The number of aliphatic hydroxyl groups excluding tert-OH is 1. The van der Waals surface area contributed by atoms with E-state index in [9.17, 15) is 14.7 Å². The summed E-state index contributed by atoms with van der Waals surface area (Å²) in [4.78, 5) is 23.6. The minimum absolute atomic E-state index is 0.0728. The summed E-state index contributed by atoms with van der Waals surface area (Å²) in [6, 6.07) is 6.86. The molecule has 20 heavy (non-hydrogen) atoms. The Hall–Kier alpha value is -1.88. The van der Waals surface area contributed by atoms with Gasteiger partial charge in [-0.2, -0.15) is 0 Å². The number of aliphatic carboxylic acids is 1. The average molecular weight is 280 g/mol. The predicted octanol–water partition coefficient (Wildman–Crippen LogP) is 1.77. The third-order valence-electron chi connectivity index (χ3n) is 3.39. The maximum absolute atomic E-state index is 12.0. The molecule has 1 unspecified atom stereocenters. The second-order valence-corrected chi connectivity index (χ2v) is 4.61. The first-order valence-electron chi connectivity index (χ1n) is 6.59. The Morgan fingerprint density at radius 3 is 2.10 bits per heavy atom. The summed E-state index contributed by atoms with van der Waals surface area (Å²) in [6.45, 7) is 3.39. The van der Waals surface area contributed by atoms with Crippen LogP contribution in [-0.4, -0.2) is 28.8 Å². The van der Waals surface area contributed by atoms with E-state index in [0.717, 1.165) is 11.1 Å². The molecule has 0 amide bonds. The second kappa shape index (κ2) is 7.05. The minimum Gasteiger partial charge on any atom is -0.480 e. The molecule has 1 rings (SSSR count). The number of esters is 1. The van der Waals surface area contributed by atoms with E-state index < -0.39 is 17.4 Å². The molecule has 0 heterocycles. The molecule has 1 atom stereocenters. The van der Waals surface area contributed by atoms with Crippen molar-refractivity contribution in [1.29, 1.82) is 0 Å². The Labute approximate surface area is 118 Å². The van der Waals surface area contributed by atoms with Gasteiger partial charge in [-0.3, -0.25) is 9.59 Å². The summed E-state index contributed by atoms with van der Waals surface area (Å²) in [6.07, 6.45) is 0.228. The predicted molar refractivity (Wildman–Crippen MR) is 73.1 cm³/mol. The summed E-state index contributed by atoms with van der Waals surface area (Å²) in [7, 11) is 0. The first-order chi connectivity index (χ1) is 9.50. The topological polar surface area (TPSA) is 83.8 Å². The molecule has 2 N–H and O–H groups in total. The van der Waals surface area contributed by atoms with Gasteiger partial charge in [0.05, 0.1) is 13.2 Å². The molecule has 5 nitrogen and oxygen atoms in total. The van der Waals surface area contributed by atoms with E-state index in [0.29, 0.717) is 0 Å². The van der Waals surface area contributed by atoms with Crippen molar-refractivity contribution in [2.45, 2.75) is 33.3 Å². The Bertz CT molecular complexity index is 466. The highest BCUT2D eigenvalue weighted by Gasteiger charge is 2.46. The number of benzene rings is 1.